The first-order valence-corrected chi connectivity index (χ1v) is 6.47. The molecule has 5 nitrogen and oxygen atoms in total. The third-order valence-corrected chi connectivity index (χ3v) is 3.24. The van der Waals surface area contributed by atoms with E-state index in [0.29, 0.717) is 34.5 Å². The smallest absolute Gasteiger partial charge is 0.228 e. The summed E-state index contributed by atoms with van der Waals surface area (Å²) in [5.74, 6) is 0.984. The molecule has 1 heterocycles. The second-order valence-electron chi connectivity index (χ2n) is 4.06. The van der Waals surface area contributed by atoms with E-state index in [1.807, 2.05) is 6.92 Å². The molecule has 106 valence electrons. The predicted octanol–water partition coefficient (Wildman–Crippen LogP) is 2.80. The van der Waals surface area contributed by atoms with Crippen LogP contribution in [0.15, 0.2) is 24.5 Å². The van der Waals surface area contributed by atoms with E-state index >= 15 is 0 Å². The van der Waals surface area contributed by atoms with Crippen LogP contribution in [0.3, 0.4) is 0 Å². The Kier molecular flexibility index (Phi) is 4.29. The summed E-state index contributed by atoms with van der Waals surface area (Å²) >= 11 is 6.11. The summed E-state index contributed by atoms with van der Waals surface area (Å²) in [6, 6.07) is 3.15. The fourth-order valence-corrected chi connectivity index (χ4v) is 2.24. The first kappa shape index (κ1) is 14.4. The van der Waals surface area contributed by atoms with Gasteiger partial charge < -0.3 is 14.0 Å². The molecular weight excluding hydrogens is 280 g/mol. The maximum atomic E-state index is 12.5. The molecule has 20 heavy (non-hydrogen) atoms. The Bertz CT molecular complexity index is 637. The van der Waals surface area contributed by atoms with E-state index in [1.165, 1.54) is 14.2 Å². The average molecular weight is 295 g/mol. The SMILES string of the molecule is CCn1ccnc1C(=O)c1cc(Cl)c(OC)c(OC)c1. The molecule has 1 aromatic carbocycles. The maximum Gasteiger partial charge on any atom is 0.228 e. The van der Waals surface area contributed by atoms with E-state index in [-0.39, 0.29) is 5.78 Å². The lowest BCUT2D eigenvalue weighted by Crippen LogP contribution is -2.11. The summed E-state index contributed by atoms with van der Waals surface area (Å²) in [5.41, 5.74) is 0.411. The Hall–Kier alpha value is -2.01. The van der Waals surface area contributed by atoms with Gasteiger partial charge in [-0.2, -0.15) is 0 Å². The van der Waals surface area contributed by atoms with Gasteiger partial charge in [-0.1, -0.05) is 11.6 Å². The monoisotopic (exact) mass is 294 g/mol. The summed E-state index contributed by atoms with van der Waals surface area (Å²) < 4.78 is 12.1. The summed E-state index contributed by atoms with van der Waals surface area (Å²) in [4.78, 5) is 16.6. The molecule has 2 aromatic rings. The van der Waals surface area contributed by atoms with Crippen LogP contribution in [0.1, 0.15) is 23.1 Å². The third kappa shape index (κ3) is 2.49. The largest absolute Gasteiger partial charge is 0.493 e. The lowest BCUT2D eigenvalue weighted by molar-refractivity contribution is 0.102. The maximum absolute atomic E-state index is 12.5. The zero-order chi connectivity index (χ0) is 14.7. The quantitative estimate of drug-likeness (QED) is 0.796. The minimum atomic E-state index is -0.209. The molecule has 0 radical (unpaired) electrons. The number of methoxy groups -OCH3 is 2. The molecule has 0 spiro atoms. The fourth-order valence-electron chi connectivity index (χ4n) is 1.95. The number of aromatic nitrogens is 2. The van der Waals surface area contributed by atoms with Crippen molar-refractivity contribution in [2.75, 3.05) is 14.2 Å². The number of halogens is 1. The number of ketones is 1. The number of carbonyl (C=O) groups excluding carboxylic acids is 1. The van der Waals surface area contributed by atoms with Crippen LogP contribution in [0.5, 0.6) is 11.5 Å². The molecule has 2 rings (SSSR count). The van der Waals surface area contributed by atoms with Crippen molar-refractivity contribution in [1.29, 1.82) is 0 Å². The minimum absolute atomic E-state index is 0.209. The van der Waals surface area contributed by atoms with Crippen molar-refractivity contribution in [3.8, 4) is 11.5 Å². The number of benzene rings is 1. The normalized spacial score (nSPS) is 10.4. The molecule has 0 saturated carbocycles. The van der Waals surface area contributed by atoms with Gasteiger partial charge in [0, 0.05) is 24.5 Å². The highest BCUT2D eigenvalue weighted by molar-refractivity contribution is 6.33. The number of imidazole rings is 1. The molecule has 0 atom stereocenters. The van der Waals surface area contributed by atoms with Gasteiger partial charge in [-0.05, 0) is 19.1 Å². The molecule has 0 N–H and O–H groups in total. The summed E-state index contributed by atoms with van der Waals surface area (Å²) in [6.45, 7) is 2.61. The standard InChI is InChI=1S/C14H15ClN2O3/c1-4-17-6-5-16-14(17)12(18)9-7-10(15)13(20-3)11(8-9)19-2/h5-8H,4H2,1-3H3. The third-order valence-electron chi connectivity index (χ3n) is 2.96. The fraction of sp³-hybridized carbons (Fsp3) is 0.286. The van der Waals surface area contributed by atoms with Crippen molar-refractivity contribution in [1.82, 2.24) is 9.55 Å². The summed E-state index contributed by atoms with van der Waals surface area (Å²) in [5, 5.41) is 0.324. The Labute approximate surface area is 122 Å². The van der Waals surface area contributed by atoms with Gasteiger partial charge in [0.2, 0.25) is 5.78 Å². The molecular formula is C14H15ClN2O3. The van der Waals surface area contributed by atoms with Crippen molar-refractivity contribution in [2.45, 2.75) is 13.5 Å². The highest BCUT2D eigenvalue weighted by Gasteiger charge is 2.19. The molecule has 1 aromatic heterocycles. The average Bonchev–Trinajstić information content (AvgIpc) is 2.93. The second kappa shape index (κ2) is 5.96. The van der Waals surface area contributed by atoms with Crippen LogP contribution in [0.25, 0.3) is 0 Å². The molecule has 0 aliphatic heterocycles. The van der Waals surface area contributed by atoms with Crippen LogP contribution >= 0.6 is 11.6 Å². The van der Waals surface area contributed by atoms with Gasteiger partial charge in [0.25, 0.3) is 0 Å². The van der Waals surface area contributed by atoms with Crippen LogP contribution < -0.4 is 9.47 Å². The number of aryl methyl sites for hydroxylation is 1. The van der Waals surface area contributed by atoms with Crippen molar-refractivity contribution in [3.05, 3.63) is 40.9 Å². The summed E-state index contributed by atoms with van der Waals surface area (Å²) in [6.07, 6.45) is 3.36. The molecule has 0 fully saturated rings. The molecule has 0 bridgehead atoms. The van der Waals surface area contributed by atoms with Crippen LogP contribution in [-0.2, 0) is 6.54 Å². The molecule has 0 aliphatic carbocycles. The molecule has 0 unspecified atom stereocenters. The van der Waals surface area contributed by atoms with Crippen LogP contribution in [0.2, 0.25) is 5.02 Å². The zero-order valence-electron chi connectivity index (χ0n) is 11.5. The van der Waals surface area contributed by atoms with E-state index in [0.717, 1.165) is 0 Å². The number of hydrogen-bond donors (Lipinski definition) is 0. The minimum Gasteiger partial charge on any atom is -0.493 e. The second-order valence-corrected chi connectivity index (χ2v) is 4.47. The molecule has 0 amide bonds. The van der Waals surface area contributed by atoms with Crippen molar-refractivity contribution in [3.63, 3.8) is 0 Å². The lowest BCUT2D eigenvalue weighted by Gasteiger charge is -2.11. The van der Waals surface area contributed by atoms with Crippen LogP contribution in [-0.4, -0.2) is 29.6 Å². The van der Waals surface area contributed by atoms with E-state index in [1.54, 1.807) is 29.1 Å². The highest BCUT2D eigenvalue weighted by Crippen LogP contribution is 2.36. The Morgan fingerprint density at radius 3 is 2.70 bits per heavy atom. The van der Waals surface area contributed by atoms with Gasteiger partial charge >= 0.3 is 0 Å². The predicted molar refractivity (Wildman–Crippen MR) is 75.9 cm³/mol. The topological polar surface area (TPSA) is 53.4 Å². The highest BCUT2D eigenvalue weighted by atomic mass is 35.5. The Morgan fingerprint density at radius 2 is 2.10 bits per heavy atom. The van der Waals surface area contributed by atoms with Gasteiger partial charge in [0.1, 0.15) is 0 Å². The first-order chi connectivity index (χ1) is 9.62. The van der Waals surface area contributed by atoms with E-state index in [9.17, 15) is 4.79 Å². The van der Waals surface area contributed by atoms with Gasteiger partial charge in [0.05, 0.1) is 19.2 Å². The number of nitrogens with zero attached hydrogens (tertiary/aromatic N) is 2. The number of rotatable bonds is 5. The lowest BCUT2D eigenvalue weighted by atomic mass is 10.1. The van der Waals surface area contributed by atoms with Gasteiger partial charge in [-0.25, -0.2) is 4.98 Å². The molecule has 0 aliphatic rings. The van der Waals surface area contributed by atoms with Crippen LogP contribution in [0, 0.1) is 0 Å². The number of ether oxygens (including phenoxy) is 2. The zero-order valence-corrected chi connectivity index (χ0v) is 12.3. The molecule has 6 heteroatoms. The van der Waals surface area contributed by atoms with Crippen molar-refractivity contribution in [2.24, 2.45) is 0 Å². The summed E-state index contributed by atoms with van der Waals surface area (Å²) in [7, 11) is 2.99. The first-order valence-electron chi connectivity index (χ1n) is 6.09. The van der Waals surface area contributed by atoms with Crippen molar-refractivity contribution >= 4 is 17.4 Å². The van der Waals surface area contributed by atoms with Crippen LogP contribution in [0.4, 0.5) is 0 Å². The van der Waals surface area contributed by atoms with Crippen molar-refractivity contribution < 1.29 is 14.3 Å². The van der Waals surface area contributed by atoms with E-state index in [2.05, 4.69) is 4.98 Å². The Balaban J connectivity index is 2.48. The van der Waals surface area contributed by atoms with Gasteiger partial charge in [-0.15, -0.1) is 0 Å². The number of hydrogen-bond acceptors (Lipinski definition) is 4. The van der Waals surface area contributed by atoms with Gasteiger partial charge in [-0.3, -0.25) is 4.79 Å². The Morgan fingerprint density at radius 1 is 1.35 bits per heavy atom. The van der Waals surface area contributed by atoms with Gasteiger partial charge in [0.15, 0.2) is 17.3 Å². The van der Waals surface area contributed by atoms with E-state index in [4.69, 9.17) is 21.1 Å². The molecule has 0 saturated heterocycles. The number of carbonyl (C=O) groups is 1. The van der Waals surface area contributed by atoms with E-state index < -0.39 is 0 Å².